The molecule has 160 valence electrons. The number of carbonyl (C=O) groups is 1. The van der Waals surface area contributed by atoms with Crippen molar-refractivity contribution in [3.8, 4) is 0 Å². The van der Waals surface area contributed by atoms with Crippen LogP contribution in [-0.4, -0.2) is 67.5 Å². The van der Waals surface area contributed by atoms with E-state index in [0.717, 1.165) is 49.6 Å². The lowest BCUT2D eigenvalue weighted by Crippen LogP contribution is -2.52. The van der Waals surface area contributed by atoms with E-state index in [0.29, 0.717) is 13.1 Å². The minimum Gasteiger partial charge on any atom is -0.357 e. The Hall–Kier alpha value is -0.580. The summed E-state index contributed by atoms with van der Waals surface area (Å²) in [6.07, 6.45) is 0. The van der Waals surface area contributed by atoms with Gasteiger partial charge >= 0.3 is 0 Å². The zero-order valence-corrected chi connectivity index (χ0v) is 21.2. The quantitative estimate of drug-likeness (QED) is 0.251. The normalized spacial score (nSPS) is 15.9. The Morgan fingerprint density at radius 3 is 2.43 bits per heavy atom. The van der Waals surface area contributed by atoms with E-state index in [9.17, 15) is 4.79 Å². The Morgan fingerprint density at radius 1 is 1.21 bits per heavy atom. The van der Waals surface area contributed by atoms with Gasteiger partial charge < -0.3 is 15.5 Å². The molecule has 9 heteroatoms. The molecule has 2 heterocycles. The van der Waals surface area contributed by atoms with Crippen LogP contribution in [0.2, 0.25) is 4.34 Å². The Bertz CT molecular complexity index is 639. The molecule has 2 N–H and O–H groups in total. The molecule has 0 spiro atoms. The lowest BCUT2D eigenvalue weighted by atomic mass is 9.96. The maximum Gasteiger partial charge on any atom is 0.225 e. The van der Waals surface area contributed by atoms with Crippen molar-refractivity contribution >= 4 is 58.8 Å². The summed E-state index contributed by atoms with van der Waals surface area (Å²) in [7, 11) is 0. The second-order valence-corrected chi connectivity index (χ2v) is 9.51. The number of guanidine groups is 1. The Kier molecular flexibility index (Phi) is 11.1. The van der Waals surface area contributed by atoms with Gasteiger partial charge in [-0.1, -0.05) is 32.4 Å². The molecule has 0 atom stereocenters. The van der Waals surface area contributed by atoms with E-state index < -0.39 is 0 Å². The van der Waals surface area contributed by atoms with Crippen LogP contribution in [0.1, 0.15) is 32.6 Å². The fraction of sp³-hybridized carbons (Fsp3) is 0.684. The molecule has 1 amide bonds. The Labute approximate surface area is 195 Å². The van der Waals surface area contributed by atoms with Crippen LogP contribution >= 0.6 is 46.9 Å². The first-order chi connectivity index (χ1) is 12.8. The maximum atomic E-state index is 11.9. The first kappa shape index (κ1) is 25.5. The molecule has 0 radical (unpaired) electrons. The predicted molar refractivity (Wildman–Crippen MR) is 130 cm³/mol. The number of amides is 1. The van der Waals surface area contributed by atoms with E-state index in [-0.39, 0.29) is 35.3 Å². The average molecular weight is 542 g/mol. The van der Waals surface area contributed by atoms with E-state index >= 15 is 0 Å². The molecule has 0 unspecified atom stereocenters. The summed E-state index contributed by atoms with van der Waals surface area (Å²) < 4.78 is 0.851. The minimum atomic E-state index is -0.364. The number of carbonyl (C=O) groups excluding carboxylic acids is 1. The number of rotatable bonds is 6. The molecule has 0 aromatic carbocycles. The number of nitrogens with zero attached hydrogens (tertiary/aromatic N) is 3. The Balaban J connectivity index is 0.00000392. The largest absolute Gasteiger partial charge is 0.357 e. The molecule has 1 aliphatic heterocycles. The fourth-order valence-electron chi connectivity index (χ4n) is 2.80. The molecule has 0 bridgehead atoms. The van der Waals surface area contributed by atoms with Crippen molar-refractivity contribution in [3.05, 3.63) is 21.3 Å². The molecule has 1 aromatic rings. The molecule has 6 nitrogen and oxygen atoms in total. The standard InChI is InChI=1S/C19H32ClN5OS.HI/c1-5-21-18(23-9-8-22-17(26)19(2,3)4)25-12-10-24(11-13-25)14-15-6-7-16(20)27-15;/h6-7H,5,8-14H2,1-4H3,(H,21,23)(H,22,26);1H. The second kappa shape index (κ2) is 12.2. The van der Waals surface area contributed by atoms with Gasteiger partial charge in [0, 0.05) is 56.1 Å². The van der Waals surface area contributed by atoms with Crippen molar-refractivity contribution < 1.29 is 4.79 Å². The summed E-state index contributed by atoms with van der Waals surface area (Å²) in [6.45, 7) is 14.6. The SMILES string of the molecule is CCNC(=NCCNC(=O)C(C)(C)C)N1CCN(Cc2ccc(Cl)s2)CC1.I. The molecule has 0 aliphatic carbocycles. The highest BCUT2D eigenvalue weighted by Gasteiger charge is 2.21. The van der Waals surface area contributed by atoms with Gasteiger partial charge in [0.1, 0.15) is 0 Å². The van der Waals surface area contributed by atoms with Crippen LogP contribution in [0.25, 0.3) is 0 Å². The molecule has 0 saturated carbocycles. The van der Waals surface area contributed by atoms with Crippen LogP contribution in [0, 0.1) is 5.41 Å². The van der Waals surface area contributed by atoms with Gasteiger partial charge in [-0.2, -0.15) is 0 Å². The number of hydrogen-bond acceptors (Lipinski definition) is 4. The van der Waals surface area contributed by atoms with Crippen molar-refractivity contribution in [2.75, 3.05) is 45.8 Å². The predicted octanol–water partition coefficient (Wildman–Crippen LogP) is 3.26. The number of thiophene rings is 1. The lowest BCUT2D eigenvalue weighted by molar-refractivity contribution is -0.128. The van der Waals surface area contributed by atoms with Gasteiger partial charge in [0.25, 0.3) is 0 Å². The maximum absolute atomic E-state index is 11.9. The topological polar surface area (TPSA) is 60.0 Å². The summed E-state index contributed by atoms with van der Waals surface area (Å²) >= 11 is 7.68. The number of halogens is 2. The molecule has 28 heavy (non-hydrogen) atoms. The van der Waals surface area contributed by atoms with Crippen LogP contribution in [-0.2, 0) is 11.3 Å². The van der Waals surface area contributed by atoms with Crippen LogP contribution in [0.4, 0.5) is 0 Å². The summed E-state index contributed by atoms with van der Waals surface area (Å²) in [6, 6.07) is 4.07. The van der Waals surface area contributed by atoms with Gasteiger partial charge in [0.05, 0.1) is 10.9 Å². The zero-order valence-electron chi connectivity index (χ0n) is 17.3. The van der Waals surface area contributed by atoms with Gasteiger partial charge in [-0.15, -0.1) is 35.3 Å². The molecule has 1 aromatic heterocycles. The number of hydrogen-bond donors (Lipinski definition) is 2. The van der Waals surface area contributed by atoms with Crippen molar-refractivity contribution in [1.29, 1.82) is 0 Å². The molecular formula is C19H33ClIN5OS. The van der Waals surface area contributed by atoms with E-state index in [1.807, 2.05) is 26.8 Å². The average Bonchev–Trinajstić information content (AvgIpc) is 3.02. The van der Waals surface area contributed by atoms with E-state index in [2.05, 4.69) is 38.4 Å². The van der Waals surface area contributed by atoms with E-state index in [1.165, 1.54) is 4.88 Å². The molecule has 1 aliphatic rings. The third kappa shape index (κ3) is 8.42. The summed E-state index contributed by atoms with van der Waals surface area (Å²) in [4.78, 5) is 22.7. The van der Waals surface area contributed by atoms with Crippen molar-refractivity contribution in [1.82, 2.24) is 20.4 Å². The monoisotopic (exact) mass is 541 g/mol. The van der Waals surface area contributed by atoms with Crippen LogP contribution < -0.4 is 10.6 Å². The van der Waals surface area contributed by atoms with Gasteiger partial charge in [0.15, 0.2) is 5.96 Å². The van der Waals surface area contributed by atoms with E-state index in [4.69, 9.17) is 11.6 Å². The summed E-state index contributed by atoms with van der Waals surface area (Å²) in [5.74, 6) is 0.992. The highest BCUT2D eigenvalue weighted by atomic mass is 127. The number of nitrogens with one attached hydrogen (secondary N) is 2. The van der Waals surface area contributed by atoms with Gasteiger partial charge in [-0.3, -0.25) is 14.7 Å². The third-order valence-electron chi connectivity index (χ3n) is 4.36. The smallest absolute Gasteiger partial charge is 0.225 e. The number of aliphatic imine (C=N–C) groups is 1. The zero-order chi connectivity index (χ0) is 19.9. The van der Waals surface area contributed by atoms with Gasteiger partial charge in [0.2, 0.25) is 5.91 Å². The highest BCUT2D eigenvalue weighted by molar-refractivity contribution is 14.0. The molecule has 1 fully saturated rings. The summed E-state index contributed by atoms with van der Waals surface area (Å²) in [5, 5.41) is 6.32. The van der Waals surface area contributed by atoms with Gasteiger partial charge in [-0.25, -0.2) is 0 Å². The number of piperazine rings is 1. The van der Waals surface area contributed by atoms with Gasteiger partial charge in [-0.05, 0) is 19.1 Å². The molecule has 1 saturated heterocycles. The van der Waals surface area contributed by atoms with Crippen LogP contribution in [0.3, 0.4) is 0 Å². The first-order valence-electron chi connectivity index (χ1n) is 9.57. The third-order valence-corrected chi connectivity index (χ3v) is 5.57. The first-order valence-corrected chi connectivity index (χ1v) is 10.8. The van der Waals surface area contributed by atoms with Crippen molar-refractivity contribution in [2.45, 2.75) is 34.2 Å². The second-order valence-electron chi connectivity index (χ2n) is 7.71. The van der Waals surface area contributed by atoms with E-state index in [1.54, 1.807) is 11.3 Å². The van der Waals surface area contributed by atoms with Crippen molar-refractivity contribution in [3.63, 3.8) is 0 Å². The Morgan fingerprint density at radius 2 is 1.89 bits per heavy atom. The van der Waals surface area contributed by atoms with Crippen LogP contribution in [0.5, 0.6) is 0 Å². The minimum absolute atomic E-state index is 0. The fourth-order valence-corrected chi connectivity index (χ4v) is 3.93. The summed E-state index contributed by atoms with van der Waals surface area (Å²) in [5.41, 5.74) is -0.364. The van der Waals surface area contributed by atoms with Crippen LogP contribution in [0.15, 0.2) is 17.1 Å². The molecular weight excluding hydrogens is 509 g/mol. The highest BCUT2D eigenvalue weighted by Crippen LogP contribution is 2.23. The lowest BCUT2D eigenvalue weighted by Gasteiger charge is -2.36. The van der Waals surface area contributed by atoms with Crippen molar-refractivity contribution in [2.24, 2.45) is 10.4 Å². The molecule has 2 rings (SSSR count).